The van der Waals surface area contributed by atoms with Gasteiger partial charge in [0.15, 0.2) is 5.82 Å². The normalized spacial score (nSPS) is 10.2. The van der Waals surface area contributed by atoms with Crippen molar-refractivity contribution in [3.05, 3.63) is 18.5 Å². The smallest absolute Gasteiger partial charge is 0.317 e. The molecule has 66 valence electrons. The zero-order valence-corrected chi connectivity index (χ0v) is 6.61. The number of hydrogen-bond acceptors (Lipinski definition) is 3. The van der Waals surface area contributed by atoms with E-state index in [2.05, 4.69) is 20.3 Å². The summed E-state index contributed by atoms with van der Waals surface area (Å²) < 4.78 is 0. The Bertz CT molecular complexity index is 409. The Hall–Kier alpha value is -2.11. The second kappa shape index (κ2) is 2.74. The Kier molecular flexibility index (Phi) is 1.59. The highest BCUT2D eigenvalue weighted by Crippen LogP contribution is 2.15. The number of anilines is 1. The molecule has 13 heavy (non-hydrogen) atoms. The molecule has 0 bridgehead atoms. The van der Waals surface area contributed by atoms with E-state index >= 15 is 0 Å². The van der Waals surface area contributed by atoms with Gasteiger partial charge in [-0.2, -0.15) is 0 Å². The van der Waals surface area contributed by atoms with Crippen molar-refractivity contribution in [2.75, 3.05) is 5.32 Å². The summed E-state index contributed by atoms with van der Waals surface area (Å²) in [5.41, 5.74) is 5.69. The molecule has 0 unspecified atom stereocenters. The summed E-state index contributed by atoms with van der Waals surface area (Å²) >= 11 is 0. The average molecular weight is 177 g/mol. The number of nitrogens with one attached hydrogen (secondary N) is 2. The van der Waals surface area contributed by atoms with Gasteiger partial charge < -0.3 is 10.7 Å². The standard InChI is InChI=1S/C7H7N5O/c8-7(13)12-5-3-10-6-4(11-5)1-2-9-6/h1-3,11H,(H3,8,12,13). The first-order valence-electron chi connectivity index (χ1n) is 3.62. The number of urea groups is 1. The second-order valence-corrected chi connectivity index (χ2v) is 2.47. The monoisotopic (exact) mass is 177 g/mol. The molecule has 0 aliphatic carbocycles. The predicted molar refractivity (Wildman–Crippen MR) is 46.2 cm³/mol. The van der Waals surface area contributed by atoms with Crippen LogP contribution in [0.4, 0.5) is 10.6 Å². The van der Waals surface area contributed by atoms with Crippen LogP contribution in [0.1, 0.15) is 0 Å². The predicted octanol–water partition coefficient (Wildman–Crippen LogP) is 0.400. The first kappa shape index (κ1) is 7.53. The van der Waals surface area contributed by atoms with Gasteiger partial charge in [-0.1, -0.05) is 0 Å². The van der Waals surface area contributed by atoms with Gasteiger partial charge in [0.05, 0.1) is 11.9 Å². The minimum Gasteiger partial charge on any atom is -0.351 e. The summed E-state index contributed by atoms with van der Waals surface area (Å²) in [6.07, 6.45) is 3.09. The first-order valence-corrected chi connectivity index (χ1v) is 3.62. The van der Waals surface area contributed by atoms with E-state index in [9.17, 15) is 4.79 Å². The summed E-state index contributed by atoms with van der Waals surface area (Å²) in [5.74, 6) is 1.06. The highest BCUT2D eigenvalue weighted by molar-refractivity contribution is 5.86. The molecule has 6 heteroatoms. The molecule has 2 aliphatic heterocycles. The molecule has 0 aromatic carbocycles. The number of nitrogens with zero attached hydrogens (tertiary/aromatic N) is 2. The molecule has 2 amide bonds. The summed E-state index contributed by atoms with van der Waals surface area (Å²) in [6, 6.07) is 1.13. The van der Waals surface area contributed by atoms with E-state index in [0.717, 1.165) is 5.69 Å². The minimum atomic E-state index is -0.628. The average Bonchev–Trinajstić information content (AvgIpc) is 2.49. The van der Waals surface area contributed by atoms with E-state index in [-0.39, 0.29) is 0 Å². The van der Waals surface area contributed by atoms with Gasteiger partial charge in [0.1, 0.15) is 5.82 Å². The third kappa shape index (κ3) is 1.41. The van der Waals surface area contributed by atoms with Crippen molar-refractivity contribution in [3.8, 4) is 11.5 Å². The Morgan fingerprint density at radius 2 is 2.38 bits per heavy atom. The number of carbonyl (C=O) groups is 1. The van der Waals surface area contributed by atoms with Crippen LogP contribution in [-0.4, -0.2) is 21.0 Å². The van der Waals surface area contributed by atoms with Crippen LogP contribution in [0.2, 0.25) is 0 Å². The fourth-order valence-corrected chi connectivity index (χ4v) is 1.03. The maximum Gasteiger partial charge on any atom is 0.317 e. The van der Waals surface area contributed by atoms with Crippen molar-refractivity contribution in [3.63, 3.8) is 0 Å². The number of hydrogen-bond donors (Lipinski definition) is 3. The topological polar surface area (TPSA) is 96.7 Å². The third-order valence-corrected chi connectivity index (χ3v) is 1.52. The Labute approximate surface area is 73.5 Å². The lowest BCUT2D eigenvalue weighted by molar-refractivity contribution is 0.259. The summed E-state index contributed by atoms with van der Waals surface area (Å²) in [5, 5.41) is 2.38. The Morgan fingerprint density at radius 1 is 1.54 bits per heavy atom. The SMILES string of the molecule is NC(=O)Nc1cnc2nccc-2[nH]1. The molecule has 0 spiro atoms. The van der Waals surface area contributed by atoms with Crippen LogP contribution in [0.3, 0.4) is 0 Å². The number of aromatic nitrogens is 3. The number of fused-ring (bicyclic) bond motifs is 1. The van der Waals surface area contributed by atoms with Gasteiger partial charge in [-0.25, -0.2) is 14.8 Å². The van der Waals surface area contributed by atoms with Crippen LogP contribution < -0.4 is 11.1 Å². The molecule has 0 atom stereocenters. The van der Waals surface area contributed by atoms with E-state index in [1.165, 1.54) is 6.20 Å². The molecule has 0 aromatic heterocycles. The number of primary amides is 1. The van der Waals surface area contributed by atoms with Crippen LogP contribution in [0.15, 0.2) is 18.5 Å². The van der Waals surface area contributed by atoms with Gasteiger partial charge in [0.25, 0.3) is 0 Å². The lowest BCUT2D eigenvalue weighted by Crippen LogP contribution is -2.20. The third-order valence-electron chi connectivity index (χ3n) is 1.52. The van der Waals surface area contributed by atoms with E-state index in [1.54, 1.807) is 12.3 Å². The molecule has 2 aliphatic rings. The number of rotatable bonds is 1. The second-order valence-electron chi connectivity index (χ2n) is 2.47. The largest absolute Gasteiger partial charge is 0.351 e. The summed E-state index contributed by atoms with van der Waals surface area (Å²) in [4.78, 5) is 21.3. The molecular formula is C7H7N5O. The number of carbonyl (C=O) groups excluding carboxylic acids is 1. The van der Waals surface area contributed by atoms with Crippen LogP contribution in [-0.2, 0) is 0 Å². The van der Waals surface area contributed by atoms with Crippen molar-refractivity contribution in [2.24, 2.45) is 5.73 Å². The van der Waals surface area contributed by atoms with Gasteiger partial charge in [0.2, 0.25) is 0 Å². The molecule has 0 aromatic rings. The maximum atomic E-state index is 10.5. The van der Waals surface area contributed by atoms with Crippen LogP contribution >= 0.6 is 0 Å². The molecular weight excluding hydrogens is 170 g/mol. The van der Waals surface area contributed by atoms with Crippen molar-refractivity contribution in [2.45, 2.75) is 0 Å². The molecule has 0 saturated carbocycles. The Balaban J connectivity index is 2.38. The Morgan fingerprint density at radius 3 is 3.15 bits per heavy atom. The minimum absolute atomic E-state index is 0.452. The zero-order valence-electron chi connectivity index (χ0n) is 6.61. The molecule has 0 fully saturated rings. The first-order chi connectivity index (χ1) is 6.25. The van der Waals surface area contributed by atoms with Crippen molar-refractivity contribution in [1.82, 2.24) is 15.0 Å². The van der Waals surface area contributed by atoms with E-state index in [4.69, 9.17) is 5.73 Å². The number of H-pyrrole nitrogens is 1. The van der Waals surface area contributed by atoms with Gasteiger partial charge in [-0.05, 0) is 6.07 Å². The van der Waals surface area contributed by atoms with Gasteiger partial charge in [0, 0.05) is 6.20 Å². The molecule has 0 radical (unpaired) electrons. The lowest BCUT2D eigenvalue weighted by atomic mass is 10.4. The molecule has 2 heterocycles. The fourth-order valence-electron chi connectivity index (χ4n) is 1.03. The van der Waals surface area contributed by atoms with Crippen LogP contribution in [0.25, 0.3) is 11.5 Å². The maximum absolute atomic E-state index is 10.5. The number of amides is 2. The zero-order chi connectivity index (χ0) is 9.26. The van der Waals surface area contributed by atoms with Crippen LogP contribution in [0, 0.1) is 0 Å². The van der Waals surface area contributed by atoms with Crippen molar-refractivity contribution in [1.29, 1.82) is 0 Å². The summed E-state index contributed by atoms with van der Waals surface area (Å²) in [6.45, 7) is 0. The van der Waals surface area contributed by atoms with Gasteiger partial charge in [-0.3, -0.25) is 5.32 Å². The lowest BCUT2D eigenvalue weighted by Gasteiger charge is -2.03. The number of aromatic amines is 1. The quantitative estimate of drug-likeness (QED) is 0.588. The van der Waals surface area contributed by atoms with Gasteiger partial charge >= 0.3 is 6.03 Å². The number of nitrogens with two attached hydrogens (primary N) is 1. The fraction of sp³-hybridized carbons (Fsp3) is 0. The molecule has 0 saturated heterocycles. The van der Waals surface area contributed by atoms with E-state index in [0.29, 0.717) is 11.6 Å². The van der Waals surface area contributed by atoms with Crippen LogP contribution in [0.5, 0.6) is 0 Å². The highest BCUT2D eigenvalue weighted by atomic mass is 16.2. The van der Waals surface area contributed by atoms with E-state index in [1.807, 2.05) is 0 Å². The highest BCUT2D eigenvalue weighted by Gasteiger charge is 2.06. The van der Waals surface area contributed by atoms with Crippen molar-refractivity contribution < 1.29 is 4.79 Å². The molecule has 6 nitrogen and oxygen atoms in total. The summed E-state index contributed by atoms with van der Waals surface area (Å²) in [7, 11) is 0. The van der Waals surface area contributed by atoms with Gasteiger partial charge in [-0.15, -0.1) is 0 Å². The molecule has 2 rings (SSSR count). The van der Waals surface area contributed by atoms with Crippen molar-refractivity contribution >= 4 is 11.8 Å². The van der Waals surface area contributed by atoms with E-state index < -0.39 is 6.03 Å². The molecule has 4 N–H and O–H groups in total.